The first kappa shape index (κ1) is 12.0. The highest BCUT2D eigenvalue weighted by Gasteiger charge is 2.27. The zero-order chi connectivity index (χ0) is 10.7. The predicted octanol–water partition coefficient (Wildman–Crippen LogP) is 1.82. The van der Waals surface area contributed by atoms with Crippen LogP contribution in [0.2, 0.25) is 0 Å². The van der Waals surface area contributed by atoms with Crippen LogP contribution in [0.15, 0.2) is 0 Å². The molecule has 3 atom stereocenters. The van der Waals surface area contributed by atoms with E-state index in [1.807, 2.05) is 0 Å². The van der Waals surface area contributed by atoms with Gasteiger partial charge in [-0.3, -0.25) is 0 Å². The molecule has 0 aliphatic carbocycles. The molecule has 0 bridgehead atoms. The largest absolute Gasteiger partial charge is 0.315 e. The van der Waals surface area contributed by atoms with Crippen LogP contribution in [-0.2, 0) is 0 Å². The van der Waals surface area contributed by atoms with Crippen molar-refractivity contribution >= 4 is 0 Å². The topological polar surface area (TPSA) is 15.3 Å². The Balaban J connectivity index is 2.37. The molecule has 2 heteroatoms. The van der Waals surface area contributed by atoms with E-state index in [-0.39, 0.29) is 0 Å². The monoisotopic (exact) mass is 198 g/mol. The molecule has 2 nitrogen and oxygen atoms in total. The summed E-state index contributed by atoms with van der Waals surface area (Å²) in [5.41, 5.74) is 0. The van der Waals surface area contributed by atoms with E-state index in [0.717, 1.165) is 17.8 Å². The van der Waals surface area contributed by atoms with Gasteiger partial charge in [0, 0.05) is 25.7 Å². The Morgan fingerprint density at radius 3 is 2.07 bits per heavy atom. The van der Waals surface area contributed by atoms with Crippen LogP contribution in [0.5, 0.6) is 0 Å². The third kappa shape index (κ3) is 2.96. The van der Waals surface area contributed by atoms with Gasteiger partial charge in [-0.05, 0) is 24.8 Å². The molecule has 0 radical (unpaired) electrons. The molecule has 84 valence electrons. The van der Waals surface area contributed by atoms with Crippen molar-refractivity contribution in [3.05, 3.63) is 0 Å². The molecule has 0 spiro atoms. The molecule has 0 aromatic carbocycles. The second kappa shape index (κ2) is 5.13. The maximum atomic E-state index is 3.42. The lowest BCUT2D eigenvalue weighted by Gasteiger charge is -2.26. The third-order valence-corrected chi connectivity index (χ3v) is 3.69. The van der Waals surface area contributed by atoms with E-state index < -0.39 is 0 Å². The van der Waals surface area contributed by atoms with Crippen molar-refractivity contribution in [2.45, 2.75) is 33.7 Å². The lowest BCUT2D eigenvalue weighted by Crippen LogP contribution is -2.41. The normalized spacial score (nSPS) is 31.3. The number of likely N-dealkylation sites (N-methyl/N-ethyl adjacent to an activating group) is 1. The maximum absolute atomic E-state index is 3.42. The molecule has 0 aromatic heterocycles. The second-order valence-corrected chi connectivity index (χ2v) is 5.31. The molecule has 1 fully saturated rings. The summed E-state index contributed by atoms with van der Waals surface area (Å²) in [7, 11) is 2.08. The zero-order valence-corrected chi connectivity index (χ0v) is 10.4. The highest BCUT2D eigenvalue weighted by Crippen LogP contribution is 2.22. The lowest BCUT2D eigenvalue weighted by atomic mass is 10.0. The van der Waals surface area contributed by atoms with E-state index in [9.17, 15) is 0 Å². The number of nitrogens with one attached hydrogen (secondary N) is 1. The molecule has 3 unspecified atom stereocenters. The SMILES string of the molecule is CNC(CN1CC(C)C(C)C1)C(C)C. The van der Waals surface area contributed by atoms with Crippen molar-refractivity contribution in [2.24, 2.45) is 17.8 Å². The molecule has 14 heavy (non-hydrogen) atoms. The minimum atomic E-state index is 0.646. The summed E-state index contributed by atoms with van der Waals surface area (Å²) < 4.78 is 0. The average molecular weight is 198 g/mol. The van der Waals surface area contributed by atoms with Gasteiger partial charge in [-0.1, -0.05) is 27.7 Å². The molecular formula is C12H26N2. The number of nitrogens with zero attached hydrogens (tertiary/aromatic N) is 1. The van der Waals surface area contributed by atoms with Gasteiger partial charge in [-0.15, -0.1) is 0 Å². The van der Waals surface area contributed by atoms with Gasteiger partial charge in [0.25, 0.3) is 0 Å². The first-order valence-electron chi connectivity index (χ1n) is 5.94. The average Bonchev–Trinajstić information content (AvgIpc) is 2.41. The minimum Gasteiger partial charge on any atom is -0.315 e. The van der Waals surface area contributed by atoms with Crippen LogP contribution in [0.25, 0.3) is 0 Å². The van der Waals surface area contributed by atoms with Crippen LogP contribution in [0.4, 0.5) is 0 Å². The van der Waals surface area contributed by atoms with E-state index in [2.05, 4.69) is 45.0 Å². The van der Waals surface area contributed by atoms with Gasteiger partial charge < -0.3 is 10.2 Å². The van der Waals surface area contributed by atoms with Crippen LogP contribution in [-0.4, -0.2) is 37.6 Å². The summed E-state index contributed by atoms with van der Waals surface area (Å²) in [6.07, 6.45) is 0. The molecule has 0 aromatic rings. The maximum Gasteiger partial charge on any atom is 0.0214 e. The molecule has 1 rings (SSSR count). The van der Waals surface area contributed by atoms with Crippen molar-refractivity contribution < 1.29 is 0 Å². The first-order chi connectivity index (χ1) is 6.54. The van der Waals surface area contributed by atoms with Gasteiger partial charge in [0.15, 0.2) is 0 Å². The van der Waals surface area contributed by atoms with Gasteiger partial charge >= 0.3 is 0 Å². The Hall–Kier alpha value is -0.0800. The number of hydrogen-bond donors (Lipinski definition) is 1. The van der Waals surface area contributed by atoms with Gasteiger partial charge in [0.1, 0.15) is 0 Å². The highest BCUT2D eigenvalue weighted by molar-refractivity contribution is 4.82. The Kier molecular flexibility index (Phi) is 4.39. The van der Waals surface area contributed by atoms with E-state index in [1.165, 1.54) is 19.6 Å². The van der Waals surface area contributed by atoms with Crippen molar-refractivity contribution in [3.63, 3.8) is 0 Å². The molecule has 0 saturated carbocycles. The Bertz CT molecular complexity index is 158. The standard InChI is InChI=1S/C12H26N2/c1-9(2)12(13-5)8-14-6-10(3)11(4)7-14/h9-13H,6-8H2,1-5H3. The van der Waals surface area contributed by atoms with Crippen molar-refractivity contribution in [2.75, 3.05) is 26.7 Å². The van der Waals surface area contributed by atoms with Gasteiger partial charge in [0.05, 0.1) is 0 Å². The van der Waals surface area contributed by atoms with E-state index in [1.54, 1.807) is 0 Å². The summed E-state index contributed by atoms with van der Waals surface area (Å²) in [6, 6.07) is 0.646. The fraction of sp³-hybridized carbons (Fsp3) is 1.00. The number of hydrogen-bond acceptors (Lipinski definition) is 2. The smallest absolute Gasteiger partial charge is 0.0214 e. The van der Waals surface area contributed by atoms with Crippen molar-refractivity contribution in [1.82, 2.24) is 10.2 Å². The first-order valence-corrected chi connectivity index (χ1v) is 5.94. The van der Waals surface area contributed by atoms with Crippen LogP contribution in [0, 0.1) is 17.8 Å². The van der Waals surface area contributed by atoms with Gasteiger partial charge in [-0.25, -0.2) is 0 Å². The molecule has 1 aliphatic heterocycles. The van der Waals surface area contributed by atoms with Crippen LogP contribution in [0.3, 0.4) is 0 Å². The molecular weight excluding hydrogens is 172 g/mol. The quantitative estimate of drug-likeness (QED) is 0.741. The lowest BCUT2D eigenvalue weighted by molar-refractivity contribution is 0.255. The van der Waals surface area contributed by atoms with Crippen LogP contribution >= 0.6 is 0 Å². The summed E-state index contributed by atoms with van der Waals surface area (Å²) in [6.45, 7) is 13.1. The number of rotatable bonds is 4. The Morgan fingerprint density at radius 2 is 1.71 bits per heavy atom. The van der Waals surface area contributed by atoms with Crippen molar-refractivity contribution in [3.8, 4) is 0 Å². The summed E-state index contributed by atoms with van der Waals surface area (Å²) in [5.74, 6) is 2.48. The molecule has 1 heterocycles. The second-order valence-electron chi connectivity index (χ2n) is 5.31. The fourth-order valence-electron chi connectivity index (χ4n) is 2.31. The Morgan fingerprint density at radius 1 is 1.21 bits per heavy atom. The summed E-state index contributed by atoms with van der Waals surface area (Å²) in [5, 5.41) is 3.42. The fourth-order valence-corrected chi connectivity index (χ4v) is 2.31. The molecule has 1 saturated heterocycles. The van der Waals surface area contributed by atoms with Gasteiger partial charge in [0.2, 0.25) is 0 Å². The van der Waals surface area contributed by atoms with E-state index in [0.29, 0.717) is 6.04 Å². The minimum absolute atomic E-state index is 0.646. The highest BCUT2D eigenvalue weighted by atomic mass is 15.2. The molecule has 1 aliphatic rings. The third-order valence-electron chi connectivity index (χ3n) is 3.69. The molecule has 1 N–H and O–H groups in total. The van der Waals surface area contributed by atoms with E-state index in [4.69, 9.17) is 0 Å². The van der Waals surface area contributed by atoms with Crippen LogP contribution < -0.4 is 5.32 Å². The summed E-state index contributed by atoms with van der Waals surface area (Å²) in [4.78, 5) is 2.61. The summed E-state index contributed by atoms with van der Waals surface area (Å²) >= 11 is 0. The zero-order valence-electron chi connectivity index (χ0n) is 10.4. The molecule has 0 amide bonds. The Labute approximate surface area is 89.1 Å². The van der Waals surface area contributed by atoms with E-state index >= 15 is 0 Å². The van der Waals surface area contributed by atoms with Gasteiger partial charge in [-0.2, -0.15) is 0 Å². The van der Waals surface area contributed by atoms with Crippen LogP contribution in [0.1, 0.15) is 27.7 Å². The van der Waals surface area contributed by atoms with Crippen molar-refractivity contribution in [1.29, 1.82) is 0 Å². The predicted molar refractivity (Wildman–Crippen MR) is 62.5 cm³/mol. The number of likely N-dealkylation sites (tertiary alicyclic amines) is 1.